The summed E-state index contributed by atoms with van der Waals surface area (Å²) in [5.41, 5.74) is 10.2. The lowest BCUT2D eigenvalue weighted by Crippen LogP contribution is -2.19. The Labute approximate surface area is 274 Å². The summed E-state index contributed by atoms with van der Waals surface area (Å²) >= 11 is 12.6. The molecule has 2 heterocycles. The van der Waals surface area contributed by atoms with Crippen molar-refractivity contribution in [2.45, 2.75) is 64.8 Å². The minimum Gasteiger partial charge on any atom is -0.354 e. The molecule has 0 unspecified atom stereocenters. The highest BCUT2D eigenvalue weighted by Crippen LogP contribution is 2.33. The third-order valence-corrected chi connectivity index (χ3v) is 9.41. The first-order valence-corrected chi connectivity index (χ1v) is 16.7. The van der Waals surface area contributed by atoms with Gasteiger partial charge in [-0.1, -0.05) is 55.3 Å². The Bertz CT molecular complexity index is 1980. The lowest BCUT2D eigenvalue weighted by Gasteiger charge is -2.22. The molecule has 3 aliphatic rings. The first-order chi connectivity index (χ1) is 21.9. The Balaban J connectivity index is 1.48. The molecule has 1 aliphatic heterocycles. The maximum Gasteiger partial charge on any atom is 0.0900 e. The molecule has 3 aromatic carbocycles. The monoisotopic (exact) mass is 633 g/mol. The minimum absolute atomic E-state index is 0.293. The molecule has 0 radical (unpaired) electrons. The molecule has 1 fully saturated rings. The molecule has 2 aliphatic carbocycles. The number of nitrogens with zero attached hydrogens (tertiary/aromatic N) is 4. The van der Waals surface area contributed by atoms with Crippen LogP contribution in [0.2, 0.25) is 10.0 Å². The SMILES string of the molecule is Cc1ccc(C)n1-c1ccc2c(c1)nc1cc(Nc3ccc(Cl)cc3)c(=NC3CCCCCCC3)cc-1n2-c1ccc(Cl)cc1. The van der Waals surface area contributed by atoms with E-state index < -0.39 is 0 Å². The fourth-order valence-electron chi connectivity index (χ4n) is 6.62. The summed E-state index contributed by atoms with van der Waals surface area (Å²) in [6, 6.07) is 31.3. The van der Waals surface area contributed by atoms with Crippen molar-refractivity contribution in [2.75, 3.05) is 5.32 Å². The summed E-state index contributed by atoms with van der Waals surface area (Å²) in [6.45, 7) is 4.27. The third-order valence-electron chi connectivity index (χ3n) is 8.91. The van der Waals surface area contributed by atoms with E-state index in [2.05, 4.69) is 82.9 Å². The maximum atomic E-state index is 6.35. The zero-order valence-electron chi connectivity index (χ0n) is 25.7. The van der Waals surface area contributed by atoms with Gasteiger partial charge in [-0.25, -0.2) is 4.98 Å². The third kappa shape index (κ3) is 6.25. The lowest BCUT2D eigenvalue weighted by atomic mass is 9.97. The van der Waals surface area contributed by atoms with Crippen molar-refractivity contribution in [1.29, 1.82) is 0 Å². The van der Waals surface area contributed by atoms with Crippen molar-refractivity contribution < 1.29 is 0 Å². The van der Waals surface area contributed by atoms with Crippen LogP contribution in [0.15, 0.2) is 96.0 Å². The molecule has 7 rings (SSSR count). The van der Waals surface area contributed by atoms with E-state index in [4.69, 9.17) is 33.2 Å². The first-order valence-electron chi connectivity index (χ1n) is 15.9. The molecule has 0 bridgehead atoms. The molecule has 0 atom stereocenters. The van der Waals surface area contributed by atoms with Gasteiger partial charge in [0.05, 0.1) is 39.5 Å². The molecule has 1 saturated carbocycles. The van der Waals surface area contributed by atoms with E-state index in [-0.39, 0.29) is 0 Å². The van der Waals surface area contributed by atoms with Gasteiger partial charge in [-0.3, -0.25) is 4.99 Å². The van der Waals surface area contributed by atoms with Crippen LogP contribution in [0.4, 0.5) is 11.4 Å². The van der Waals surface area contributed by atoms with Gasteiger partial charge in [0.2, 0.25) is 0 Å². The van der Waals surface area contributed by atoms with Gasteiger partial charge >= 0.3 is 0 Å². The van der Waals surface area contributed by atoms with Crippen LogP contribution in [-0.2, 0) is 0 Å². The number of fused-ring (bicyclic) bond motifs is 2. The van der Waals surface area contributed by atoms with Gasteiger partial charge in [0.15, 0.2) is 0 Å². The lowest BCUT2D eigenvalue weighted by molar-refractivity contribution is 0.450. The van der Waals surface area contributed by atoms with Crippen LogP contribution in [0.25, 0.3) is 33.8 Å². The van der Waals surface area contributed by atoms with Crippen LogP contribution >= 0.6 is 23.2 Å². The summed E-state index contributed by atoms with van der Waals surface area (Å²) in [4.78, 5) is 10.7. The summed E-state index contributed by atoms with van der Waals surface area (Å²) < 4.78 is 4.55. The van der Waals surface area contributed by atoms with Gasteiger partial charge in [0.1, 0.15) is 0 Å². The molecule has 5 nitrogen and oxygen atoms in total. The van der Waals surface area contributed by atoms with Crippen molar-refractivity contribution in [3.63, 3.8) is 0 Å². The fraction of sp³-hybridized carbons (Fsp3) is 0.263. The van der Waals surface area contributed by atoms with Gasteiger partial charge < -0.3 is 14.5 Å². The van der Waals surface area contributed by atoms with Crippen molar-refractivity contribution >= 4 is 45.6 Å². The second-order valence-corrected chi connectivity index (χ2v) is 13.0. The van der Waals surface area contributed by atoms with E-state index in [1.54, 1.807) is 0 Å². The zero-order valence-corrected chi connectivity index (χ0v) is 27.2. The number of hydrogen-bond acceptors (Lipinski definition) is 3. The van der Waals surface area contributed by atoms with E-state index in [9.17, 15) is 0 Å². The Kier molecular flexibility index (Phi) is 8.39. The highest BCUT2D eigenvalue weighted by molar-refractivity contribution is 6.30. The van der Waals surface area contributed by atoms with Gasteiger partial charge in [-0.15, -0.1) is 0 Å². The molecule has 4 aromatic rings. The number of halogens is 2. The standard InChI is InChI=1S/C38H37Cl2N5/c1-25-10-11-26(2)44(25)32-20-21-37-35(22-32)43-36-23-33(42-30-16-12-27(39)13-17-30)34(41-29-8-6-4-3-5-7-9-29)24-38(36)45(37)31-18-14-28(40)15-19-31/h10-24,29,42H,3-9H2,1-2H3. The molecule has 228 valence electrons. The summed E-state index contributed by atoms with van der Waals surface area (Å²) in [7, 11) is 0. The number of aromatic nitrogens is 3. The number of anilines is 2. The highest BCUT2D eigenvalue weighted by Gasteiger charge is 2.19. The zero-order chi connectivity index (χ0) is 30.9. The second-order valence-electron chi connectivity index (χ2n) is 12.2. The van der Waals surface area contributed by atoms with Crippen molar-refractivity contribution in [3.8, 4) is 22.8 Å². The molecule has 0 saturated heterocycles. The molecular weight excluding hydrogens is 597 g/mol. The van der Waals surface area contributed by atoms with E-state index in [1.807, 2.05) is 36.4 Å². The average molecular weight is 635 g/mol. The molecule has 0 amide bonds. The number of hydrogen-bond donors (Lipinski definition) is 1. The van der Waals surface area contributed by atoms with Gasteiger partial charge in [-0.05, 0) is 118 Å². The molecule has 45 heavy (non-hydrogen) atoms. The van der Waals surface area contributed by atoms with E-state index in [0.717, 1.165) is 63.4 Å². The second kappa shape index (κ2) is 12.7. The molecular formula is C38H37Cl2N5. The summed E-state index contributed by atoms with van der Waals surface area (Å²) in [5, 5.41) is 6.01. The molecule has 7 heteroatoms. The number of benzene rings is 4. The van der Waals surface area contributed by atoms with E-state index in [0.29, 0.717) is 16.1 Å². The van der Waals surface area contributed by atoms with Crippen LogP contribution in [-0.4, -0.2) is 20.2 Å². The van der Waals surface area contributed by atoms with E-state index >= 15 is 0 Å². The predicted octanol–water partition coefficient (Wildman–Crippen LogP) is 10.6. The van der Waals surface area contributed by atoms with Crippen LogP contribution in [0, 0.1) is 13.8 Å². The number of aryl methyl sites for hydroxylation is 2. The van der Waals surface area contributed by atoms with Crippen LogP contribution in [0.1, 0.15) is 56.3 Å². The van der Waals surface area contributed by atoms with Crippen LogP contribution < -0.4 is 10.7 Å². The number of nitrogens with one attached hydrogen (secondary N) is 1. The number of rotatable bonds is 5. The van der Waals surface area contributed by atoms with Crippen LogP contribution in [0.5, 0.6) is 0 Å². The van der Waals surface area contributed by atoms with E-state index in [1.165, 1.54) is 43.5 Å². The van der Waals surface area contributed by atoms with Crippen molar-refractivity contribution in [1.82, 2.24) is 14.1 Å². The normalized spacial score (nSPS) is 15.0. The fourth-order valence-corrected chi connectivity index (χ4v) is 6.88. The smallest absolute Gasteiger partial charge is 0.0900 e. The first kappa shape index (κ1) is 29.6. The quantitative estimate of drug-likeness (QED) is 0.192. The van der Waals surface area contributed by atoms with Crippen LogP contribution in [0.3, 0.4) is 0 Å². The Morgan fingerprint density at radius 1 is 0.689 bits per heavy atom. The molecule has 0 spiro atoms. The van der Waals surface area contributed by atoms with Gasteiger partial charge in [-0.2, -0.15) is 0 Å². The largest absolute Gasteiger partial charge is 0.354 e. The minimum atomic E-state index is 0.293. The maximum absolute atomic E-state index is 6.35. The molecule has 1 aromatic heterocycles. The summed E-state index contributed by atoms with van der Waals surface area (Å²) in [6.07, 6.45) is 8.59. The van der Waals surface area contributed by atoms with Crippen molar-refractivity contribution in [2.24, 2.45) is 4.99 Å². The molecule has 1 N–H and O–H groups in total. The van der Waals surface area contributed by atoms with Crippen molar-refractivity contribution in [3.05, 3.63) is 118 Å². The van der Waals surface area contributed by atoms with Gasteiger partial charge in [0, 0.05) is 38.5 Å². The predicted molar refractivity (Wildman–Crippen MR) is 188 cm³/mol. The van der Waals surface area contributed by atoms with Gasteiger partial charge in [0.25, 0.3) is 0 Å². The Morgan fingerprint density at radius 2 is 1.31 bits per heavy atom. The topological polar surface area (TPSA) is 47.1 Å². The average Bonchev–Trinajstić information content (AvgIpc) is 3.36. The Hall–Kier alpha value is -4.06. The Morgan fingerprint density at radius 3 is 2.00 bits per heavy atom. The highest BCUT2D eigenvalue weighted by atomic mass is 35.5. The summed E-state index contributed by atoms with van der Waals surface area (Å²) in [5.74, 6) is 0.